The highest BCUT2D eigenvalue weighted by Crippen LogP contribution is 2.00. The molecule has 0 radical (unpaired) electrons. The maximum Gasteiger partial charge on any atom is 0.176 e. The zero-order valence-electron chi connectivity index (χ0n) is 10.6. The summed E-state index contributed by atoms with van der Waals surface area (Å²) in [6, 6.07) is 0. The van der Waals surface area contributed by atoms with Gasteiger partial charge in [-0.1, -0.05) is 19.9 Å². The van der Waals surface area contributed by atoms with Gasteiger partial charge < -0.3 is 18.9 Å². The summed E-state index contributed by atoms with van der Waals surface area (Å²) in [5.74, 6) is 0. The fourth-order valence-corrected chi connectivity index (χ4v) is 0.993. The first-order chi connectivity index (χ1) is 7.85. The van der Waals surface area contributed by atoms with Gasteiger partial charge in [-0.2, -0.15) is 0 Å². The van der Waals surface area contributed by atoms with Crippen molar-refractivity contribution in [1.82, 2.24) is 0 Å². The summed E-state index contributed by atoms with van der Waals surface area (Å²) in [7, 11) is 1.60. The second-order valence-corrected chi connectivity index (χ2v) is 3.32. The van der Waals surface area contributed by atoms with Gasteiger partial charge in [-0.25, -0.2) is 0 Å². The maximum atomic E-state index is 5.50. The Morgan fingerprint density at radius 3 is 2.19 bits per heavy atom. The molecule has 0 fully saturated rings. The molecule has 0 amide bonds. The summed E-state index contributed by atoms with van der Waals surface area (Å²) < 4.78 is 20.9. The minimum absolute atomic E-state index is 0.258. The van der Waals surface area contributed by atoms with Crippen molar-refractivity contribution >= 4 is 0 Å². The van der Waals surface area contributed by atoms with E-state index in [9.17, 15) is 0 Å². The molecule has 0 aliphatic carbocycles. The number of hydrogen-bond donors (Lipinski definition) is 0. The predicted molar refractivity (Wildman–Crippen MR) is 63.2 cm³/mol. The molecule has 0 heterocycles. The van der Waals surface area contributed by atoms with Crippen LogP contribution in [0.1, 0.15) is 26.7 Å². The molecule has 0 aliphatic heterocycles. The van der Waals surface area contributed by atoms with Gasteiger partial charge in [0.2, 0.25) is 0 Å². The van der Waals surface area contributed by atoms with Crippen molar-refractivity contribution in [2.45, 2.75) is 33.0 Å². The largest absolute Gasteiger partial charge is 0.359 e. The van der Waals surface area contributed by atoms with Crippen molar-refractivity contribution in [3.05, 3.63) is 12.2 Å². The van der Waals surface area contributed by atoms with Crippen LogP contribution in [0.15, 0.2) is 12.2 Å². The molecular weight excluding hydrogens is 208 g/mol. The van der Waals surface area contributed by atoms with Gasteiger partial charge in [-0.05, 0) is 18.9 Å². The third-order valence-electron chi connectivity index (χ3n) is 1.68. The Morgan fingerprint density at radius 2 is 1.69 bits per heavy atom. The standard InChI is InChI=1S/C12H24O4/c1-4-8-15-12(16-9-5-2)7-6-10-14-11-13-3/h6-7,12H,4-5,8-11H2,1-3H3. The summed E-state index contributed by atoms with van der Waals surface area (Å²) >= 11 is 0. The smallest absolute Gasteiger partial charge is 0.176 e. The van der Waals surface area contributed by atoms with E-state index < -0.39 is 0 Å². The molecule has 16 heavy (non-hydrogen) atoms. The van der Waals surface area contributed by atoms with E-state index in [1.165, 1.54) is 0 Å². The van der Waals surface area contributed by atoms with Gasteiger partial charge in [0.15, 0.2) is 6.29 Å². The Kier molecular flexibility index (Phi) is 12.3. The van der Waals surface area contributed by atoms with E-state index in [-0.39, 0.29) is 6.29 Å². The van der Waals surface area contributed by atoms with Crippen LogP contribution in [-0.4, -0.2) is 40.0 Å². The molecule has 0 aromatic rings. The number of ether oxygens (including phenoxy) is 4. The van der Waals surface area contributed by atoms with Crippen molar-refractivity contribution in [1.29, 1.82) is 0 Å². The van der Waals surface area contributed by atoms with Crippen molar-refractivity contribution in [3.8, 4) is 0 Å². The van der Waals surface area contributed by atoms with Gasteiger partial charge in [0.05, 0.1) is 6.61 Å². The molecule has 4 heteroatoms. The molecule has 0 spiro atoms. The third kappa shape index (κ3) is 10.1. The zero-order chi connectivity index (χ0) is 12.1. The van der Waals surface area contributed by atoms with E-state index in [2.05, 4.69) is 13.8 Å². The first kappa shape index (κ1) is 15.6. The molecule has 4 nitrogen and oxygen atoms in total. The molecule has 0 rings (SSSR count). The van der Waals surface area contributed by atoms with Gasteiger partial charge in [0, 0.05) is 20.3 Å². The van der Waals surface area contributed by atoms with Crippen LogP contribution in [0.2, 0.25) is 0 Å². The quantitative estimate of drug-likeness (QED) is 0.311. The van der Waals surface area contributed by atoms with Gasteiger partial charge >= 0.3 is 0 Å². The lowest BCUT2D eigenvalue weighted by Gasteiger charge is -2.14. The molecule has 0 aromatic heterocycles. The molecule has 0 bridgehead atoms. The molecule has 0 unspecified atom stereocenters. The highest BCUT2D eigenvalue weighted by molar-refractivity contribution is 4.85. The van der Waals surface area contributed by atoms with E-state index in [4.69, 9.17) is 18.9 Å². The van der Waals surface area contributed by atoms with Crippen molar-refractivity contribution in [3.63, 3.8) is 0 Å². The first-order valence-electron chi connectivity index (χ1n) is 5.81. The Bertz CT molecular complexity index is 151. The molecule has 0 saturated heterocycles. The van der Waals surface area contributed by atoms with Crippen LogP contribution < -0.4 is 0 Å². The Labute approximate surface area is 98.5 Å². The number of methoxy groups -OCH3 is 1. The van der Waals surface area contributed by atoms with Gasteiger partial charge in [-0.15, -0.1) is 0 Å². The molecule has 0 aromatic carbocycles. The Morgan fingerprint density at radius 1 is 1.06 bits per heavy atom. The number of rotatable bonds is 11. The van der Waals surface area contributed by atoms with Crippen molar-refractivity contribution < 1.29 is 18.9 Å². The maximum absolute atomic E-state index is 5.50. The van der Waals surface area contributed by atoms with Crippen LogP contribution in [0, 0.1) is 0 Å². The summed E-state index contributed by atoms with van der Waals surface area (Å²) in [6.45, 7) is 6.37. The molecule has 0 aliphatic rings. The van der Waals surface area contributed by atoms with E-state index >= 15 is 0 Å². The SMILES string of the molecule is CCCOC(C=CCOCOC)OCCC. The molecular formula is C12H24O4. The van der Waals surface area contributed by atoms with Crippen molar-refractivity contribution in [2.75, 3.05) is 33.7 Å². The second kappa shape index (κ2) is 12.6. The summed E-state index contributed by atoms with van der Waals surface area (Å²) in [4.78, 5) is 0. The van der Waals surface area contributed by atoms with Gasteiger partial charge in [-0.3, -0.25) is 0 Å². The third-order valence-corrected chi connectivity index (χ3v) is 1.68. The van der Waals surface area contributed by atoms with Crippen LogP contribution in [0.3, 0.4) is 0 Å². The highest BCUT2D eigenvalue weighted by atomic mass is 16.7. The van der Waals surface area contributed by atoms with E-state index in [0.717, 1.165) is 12.8 Å². The fourth-order valence-electron chi connectivity index (χ4n) is 0.993. The Hall–Kier alpha value is -0.420. The molecule has 96 valence electrons. The highest BCUT2D eigenvalue weighted by Gasteiger charge is 2.02. The minimum atomic E-state index is -0.258. The van der Waals surface area contributed by atoms with Crippen LogP contribution in [-0.2, 0) is 18.9 Å². The van der Waals surface area contributed by atoms with Crippen LogP contribution in [0.25, 0.3) is 0 Å². The lowest BCUT2D eigenvalue weighted by atomic mass is 10.4. The van der Waals surface area contributed by atoms with E-state index in [1.807, 2.05) is 12.2 Å². The van der Waals surface area contributed by atoms with Crippen LogP contribution in [0.4, 0.5) is 0 Å². The summed E-state index contributed by atoms with van der Waals surface area (Å²) in [6.07, 6.45) is 5.47. The minimum Gasteiger partial charge on any atom is -0.359 e. The molecule has 0 atom stereocenters. The summed E-state index contributed by atoms with van der Waals surface area (Å²) in [5, 5.41) is 0. The fraction of sp³-hybridized carbons (Fsp3) is 0.833. The Balaban J connectivity index is 3.69. The van der Waals surface area contributed by atoms with Gasteiger partial charge in [0.25, 0.3) is 0 Å². The second-order valence-electron chi connectivity index (χ2n) is 3.32. The summed E-state index contributed by atoms with van der Waals surface area (Å²) in [5.41, 5.74) is 0. The lowest BCUT2D eigenvalue weighted by molar-refractivity contribution is -0.111. The number of hydrogen-bond acceptors (Lipinski definition) is 4. The van der Waals surface area contributed by atoms with Crippen LogP contribution in [0.5, 0.6) is 0 Å². The predicted octanol–water partition coefficient (Wildman–Crippen LogP) is 2.34. The normalized spacial score (nSPS) is 11.8. The average molecular weight is 232 g/mol. The lowest BCUT2D eigenvalue weighted by Crippen LogP contribution is -2.16. The van der Waals surface area contributed by atoms with Crippen molar-refractivity contribution in [2.24, 2.45) is 0 Å². The van der Waals surface area contributed by atoms with Gasteiger partial charge in [0.1, 0.15) is 6.79 Å². The van der Waals surface area contributed by atoms with E-state index in [1.54, 1.807) is 7.11 Å². The molecule has 0 N–H and O–H groups in total. The average Bonchev–Trinajstić information content (AvgIpc) is 2.31. The zero-order valence-corrected chi connectivity index (χ0v) is 10.6. The monoisotopic (exact) mass is 232 g/mol. The first-order valence-corrected chi connectivity index (χ1v) is 5.81. The van der Waals surface area contributed by atoms with E-state index in [0.29, 0.717) is 26.6 Å². The van der Waals surface area contributed by atoms with Crippen LogP contribution >= 0.6 is 0 Å². The topological polar surface area (TPSA) is 36.9 Å². The molecule has 0 saturated carbocycles.